The molecule has 0 spiro atoms. The van der Waals surface area contributed by atoms with Crippen molar-refractivity contribution < 1.29 is 13.2 Å². The molecule has 0 unspecified atom stereocenters. The van der Waals surface area contributed by atoms with Crippen LogP contribution in [0.3, 0.4) is 0 Å². The van der Waals surface area contributed by atoms with E-state index in [1.54, 1.807) is 45.2 Å². The van der Waals surface area contributed by atoms with Gasteiger partial charge in [-0.2, -0.15) is 4.98 Å². The summed E-state index contributed by atoms with van der Waals surface area (Å²) in [7, 11) is -2.09. The van der Waals surface area contributed by atoms with Gasteiger partial charge in [0.1, 0.15) is 10.8 Å². The summed E-state index contributed by atoms with van der Waals surface area (Å²) in [5, 5.41) is 7.23. The van der Waals surface area contributed by atoms with Gasteiger partial charge >= 0.3 is 0 Å². The molecule has 0 aliphatic rings. The standard InChI is InChI=1S/C24H30ClN4O3PS/c1-6-33(7-2)17-12-13-19(21(14-17)32-5)28-24-26-15-18(25)23(29-24)27-20-10-8-9-11-22(20)34(30,31)16(3)4/h8-16H,6-7H2,1-5H3,(H2,26,27,28,29). The first-order valence-corrected chi connectivity index (χ1v) is 14.7. The zero-order valence-corrected chi connectivity index (χ0v) is 22.4. The fraction of sp³-hybridized carbons (Fsp3) is 0.333. The molecule has 0 amide bonds. The lowest BCUT2D eigenvalue weighted by Crippen LogP contribution is -2.15. The largest absolute Gasteiger partial charge is 0.495 e. The number of ether oxygens (including phenoxy) is 1. The monoisotopic (exact) mass is 520 g/mol. The predicted octanol–water partition coefficient (Wildman–Crippen LogP) is 5.95. The van der Waals surface area contributed by atoms with Crippen molar-refractivity contribution in [2.75, 3.05) is 30.1 Å². The van der Waals surface area contributed by atoms with E-state index in [4.69, 9.17) is 16.3 Å². The first kappa shape index (κ1) is 26.2. The quantitative estimate of drug-likeness (QED) is 0.319. The van der Waals surface area contributed by atoms with Gasteiger partial charge in [0.2, 0.25) is 5.95 Å². The third kappa shape index (κ3) is 5.80. The normalized spacial score (nSPS) is 11.6. The van der Waals surface area contributed by atoms with Crippen molar-refractivity contribution in [3.8, 4) is 5.75 Å². The number of nitrogens with one attached hydrogen (secondary N) is 2. The summed E-state index contributed by atoms with van der Waals surface area (Å²) in [5.41, 5.74) is 1.13. The fourth-order valence-electron chi connectivity index (χ4n) is 3.40. The number of benzene rings is 2. The van der Waals surface area contributed by atoms with Gasteiger partial charge in [-0.05, 0) is 55.7 Å². The Morgan fingerprint density at radius 1 is 1.06 bits per heavy atom. The number of para-hydroxylation sites is 1. The lowest BCUT2D eigenvalue weighted by Gasteiger charge is -2.18. The van der Waals surface area contributed by atoms with E-state index in [0.717, 1.165) is 18.0 Å². The minimum Gasteiger partial charge on any atom is -0.495 e. The average Bonchev–Trinajstić information content (AvgIpc) is 2.83. The van der Waals surface area contributed by atoms with E-state index in [0.29, 0.717) is 23.2 Å². The van der Waals surface area contributed by atoms with Gasteiger partial charge in [0.05, 0.1) is 34.8 Å². The van der Waals surface area contributed by atoms with Crippen LogP contribution in [0.5, 0.6) is 5.75 Å². The molecule has 1 aromatic heterocycles. The Bertz CT molecular complexity index is 1250. The zero-order valence-electron chi connectivity index (χ0n) is 20.0. The van der Waals surface area contributed by atoms with E-state index in [2.05, 4.69) is 46.6 Å². The highest BCUT2D eigenvalue weighted by Crippen LogP contribution is 2.37. The molecule has 2 N–H and O–H groups in total. The topological polar surface area (TPSA) is 93.2 Å². The van der Waals surface area contributed by atoms with E-state index in [1.165, 1.54) is 11.5 Å². The van der Waals surface area contributed by atoms with Gasteiger partial charge in [-0.15, -0.1) is 0 Å². The van der Waals surface area contributed by atoms with Gasteiger partial charge in [0.15, 0.2) is 15.7 Å². The maximum atomic E-state index is 12.8. The van der Waals surface area contributed by atoms with Crippen molar-refractivity contribution >= 4 is 57.8 Å². The number of rotatable bonds is 10. The maximum Gasteiger partial charge on any atom is 0.229 e. The number of hydrogen-bond donors (Lipinski definition) is 2. The summed E-state index contributed by atoms with van der Waals surface area (Å²) >= 11 is 6.34. The van der Waals surface area contributed by atoms with Crippen LogP contribution in [0.2, 0.25) is 5.02 Å². The Kier molecular flexibility index (Phi) is 8.74. The SMILES string of the molecule is CCP(CC)c1ccc(Nc2ncc(Cl)c(Nc3ccccc3S(=O)(=O)C(C)C)n2)c(OC)c1. The van der Waals surface area contributed by atoms with Gasteiger partial charge < -0.3 is 15.4 Å². The van der Waals surface area contributed by atoms with Crippen molar-refractivity contribution in [2.24, 2.45) is 0 Å². The molecule has 0 aliphatic carbocycles. The fourth-order valence-corrected chi connectivity index (χ4v) is 6.51. The molecule has 0 saturated carbocycles. The summed E-state index contributed by atoms with van der Waals surface area (Å²) in [5.74, 6) is 1.30. The van der Waals surface area contributed by atoms with Gasteiger partial charge in [-0.1, -0.05) is 51.6 Å². The van der Waals surface area contributed by atoms with Gasteiger partial charge in [-0.3, -0.25) is 0 Å². The molecule has 1 heterocycles. The lowest BCUT2D eigenvalue weighted by atomic mass is 10.3. The summed E-state index contributed by atoms with van der Waals surface area (Å²) < 4.78 is 31.2. The zero-order chi connectivity index (χ0) is 24.9. The molecule has 0 bridgehead atoms. The molecular weight excluding hydrogens is 491 g/mol. The Morgan fingerprint density at radius 3 is 2.41 bits per heavy atom. The highest BCUT2D eigenvalue weighted by Gasteiger charge is 2.23. The average molecular weight is 521 g/mol. The Labute approximate surface area is 208 Å². The molecule has 34 heavy (non-hydrogen) atoms. The molecule has 0 fully saturated rings. The number of sulfone groups is 1. The van der Waals surface area contributed by atoms with Crippen molar-refractivity contribution in [2.45, 2.75) is 37.8 Å². The number of methoxy groups -OCH3 is 1. The van der Waals surface area contributed by atoms with E-state index in [9.17, 15) is 8.42 Å². The number of anilines is 4. The molecule has 2 aromatic carbocycles. The van der Waals surface area contributed by atoms with Crippen LogP contribution in [0.4, 0.5) is 23.1 Å². The number of aromatic nitrogens is 2. The van der Waals surface area contributed by atoms with Crippen LogP contribution in [-0.4, -0.2) is 43.1 Å². The summed E-state index contributed by atoms with van der Waals surface area (Å²) in [6, 6.07) is 12.8. The van der Waals surface area contributed by atoms with Crippen molar-refractivity contribution in [3.05, 3.63) is 53.7 Å². The first-order chi connectivity index (χ1) is 16.2. The lowest BCUT2D eigenvalue weighted by molar-refractivity contribution is 0.417. The van der Waals surface area contributed by atoms with Crippen molar-refractivity contribution in [1.82, 2.24) is 9.97 Å². The second-order valence-electron chi connectivity index (χ2n) is 7.79. The number of halogens is 1. The molecular formula is C24H30ClN4O3PS. The molecule has 3 rings (SSSR count). The molecule has 182 valence electrons. The van der Waals surface area contributed by atoms with Crippen LogP contribution in [-0.2, 0) is 9.84 Å². The van der Waals surface area contributed by atoms with Crippen molar-refractivity contribution in [1.29, 1.82) is 0 Å². The van der Waals surface area contributed by atoms with Gasteiger partial charge in [-0.25, -0.2) is 13.4 Å². The molecule has 7 nitrogen and oxygen atoms in total. The number of nitrogens with zero attached hydrogens (tertiary/aromatic N) is 2. The van der Waals surface area contributed by atoms with Crippen molar-refractivity contribution in [3.63, 3.8) is 0 Å². The highest BCUT2D eigenvalue weighted by atomic mass is 35.5. The van der Waals surface area contributed by atoms with E-state index in [1.807, 2.05) is 6.07 Å². The van der Waals surface area contributed by atoms with Crippen LogP contribution >= 0.6 is 19.5 Å². The smallest absolute Gasteiger partial charge is 0.229 e. The van der Waals surface area contributed by atoms with E-state index >= 15 is 0 Å². The Morgan fingerprint density at radius 2 is 1.76 bits per heavy atom. The first-order valence-electron chi connectivity index (χ1n) is 11.0. The van der Waals surface area contributed by atoms with E-state index in [-0.39, 0.29) is 17.8 Å². The molecule has 0 saturated heterocycles. The minimum absolute atomic E-state index is 0.190. The second-order valence-corrected chi connectivity index (χ2v) is 13.5. The molecule has 3 aromatic rings. The highest BCUT2D eigenvalue weighted by molar-refractivity contribution is 7.92. The van der Waals surface area contributed by atoms with Crippen LogP contribution in [0.1, 0.15) is 27.7 Å². The molecule has 0 aliphatic heterocycles. The molecule has 0 radical (unpaired) electrons. The third-order valence-corrected chi connectivity index (χ3v) is 10.4. The summed E-state index contributed by atoms with van der Waals surface area (Å²) in [6.07, 6.45) is 3.70. The Hall–Kier alpha value is -2.41. The van der Waals surface area contributed by atoms with Crippen LogP contribution in [0.15, 0.2) is 53.6 Å². The second kappa shape index (κ2) is 11.3. The maximum absolute atomic E-state index is 12.8. The summed E-state index contributed by atoms with van der Waals surface area (Å²) in [6.45, 7) is 7.70. The van der Waals surface area contributed by atoms with Crippen LogP contribution < -0.4 is 20.7 Å². The molecule has 10 heteroatoms. The number of hydrogen-bond acceptors (Lipinski definition) is 7. The van der Waals surface area contributed by atoms with Gasteiger partial charge in [0, 0.05) is 0 Å². The third-order valence-electron chi connectivity index (χ3n) is 5.37. The van der Waals surface area contributed by atoms with Gasteiger partial charge in [0.25, 0.3) is 0 Å². The predicted molar refractivity (Wildman–Crippen MR) is 143 cm³/mol. The Balaban J connectivity index is 1.92. The summed E-state index contributed by atoms with van der Waals surface area (Å²) in [4.78, 5) is 8.95. The van der Waals surface area contributed by atoms with Crippen LogP contribution in [0.25, 0.3) is 0 Å². The molecule has 0 atom stereocenters. The van der Waals surface area contributed by atoms with E-state index < -0.39 is 15.1 Å². The van der Waals surface area contributed by atoms with Crippen LogP contribution in [0, 0.1) is 0 Å². The minimum atomic E-state index is -3.50.